The summed E-state index contributed by atoms with van der Waals surface area (Å²) in [4.78, 5) is 0. The Morgan fingerprint density at radius 3 is 2.39 bits per heavy atom. The first-order chi connectivity index (χ1) is 8.67. The molecule has 1 aliphatic heterocycles. The molecule has 0 amide bonds. The Morgan fingerprint density at radius 1 is 1.22 bits per heavy atom. The number of halogens is 3. The fraction of sp³-hybridized carbons (Fsp3) is 0.538. The van der Waals surface area contributed by atoms with Crippen LogP contribution in [0.15, 0.2) is 18.2 Å². The fourth-order valence-corrected chi connectivity index (χ4v) is 3.20. The van der Waals surface area contributed by atoms with Gasteiger partial charge < -0.3 is 9.47 Å². The predicted molar refractivity (Wildman–Crippen MR) is 78.2 cm³/mol. The lowest BCUT2D eigenvalue weighted by Gasteiger charge is -2.35. The van der Waals surface area contributed by atoms with Gasteiger partial charge >= 0.3 is 0 Å². The van der Waals surface area contributed by atoms with Crippen LogP contribution in [-0.4, -0.2) is 25.2 Å². The third-order valence-corrected chi connectivity index (χ3v) is 5.06. The zero-order chi connectivity index (χ0) is 13.0. The molecule has 1 fully saturated rings. The summed E-state index contributed by atoms with van der Waals surface area (Å²) in [6.07, 6.45) is 1.97. The van der Waals surface area contributed by atoms with Crippen LogP contribution in [0.1, 0.15) is 12.8 Å². The van der Waals surface area contributed by atoms with E-state index in [4.69, 9.17) is 32.7 Å². The Labute approximate surface area is 126 Å². The average Bonchev–Trinajstić information content (AvgIpc) is 2.39. The number of alkyl halides is 1. The molecular weight excluding hydrogens is 339 g/mol. The van der Waals surface area contributed by atoms with Gasteiger partial charge in [0.1, 0.15) is 0 Å². The molecule has 0 aliphatic carbocycles. The summed E-state index contributed by atoms with van der Waals surface area (Å²) in [6, 6.07) is 5.38. The van der Waals surface area contributed by atoms with E-state index in [0.29, 0.717) is 22.4 Å². The highest BCUT2D eigenvalue weighted by Gasteiger charge is 2.32. The van der Waals surface area contributed by atoms with Crippen molar-refractivity contribution in [2.75, 3.05) is 25.2 Å². The summed E-state index contributed by atoms with van der Waals surface area (Å²) in [6.45, 7) is 2.17. The molecule has 1 aromatic rings. The van der Waals surface area contributed by atoms with Gasteiger partial charge in [0.25, 0.3) is 0 Å². The molecule has 0 radical (unpaired) electrons. The normalized spacial score (nSPS) is 18.6. The smallest absolute Gasteiger partial charge is 0.156 e. The number of hydrogen-bond donors (Lipinski definition) is 0. The second-order valence-electron chi connectivity index (χ2n) is 4.59. The van der Waals surface area contributed by atoms with Crippen molar-refractivity contribution >= 4 is 39.1 Å². The summed E-state index contributed by atoms with van der Waals surface area (Å²) in [7, 11) is 0. The molecular formula is C13H15BrCl2O2. The van der Waals surface area contributed by atoms with Crippen LogP contribution in [-0.2, 0) is 4.74 Å². The molecule has 1 saturated heterocycles. The molecule has 0 spiro atoms. The highest BCUT2D eigenvalue weighted by atomic mass is 79.9. The number of ether oxygens (including phenoxy) is 2. The lowest BCUT2D eigenvalue weighted by atomic mass is 9.83. The van der Waals surface area contributed by atoms with E-state index in [9.17, 15) is 0 Å². The summed E-state index contributed by atoms with van der Waals surface area (Å²) >= 11 is 15.8. The Balaban J connectivity index is 2.05. The van der Waals surface area contributed by atoms with Crippen molar-refractivity contribution in [2.45, 2.75) is 12.8 Å². The average molecular weight is 354 g/mol. The molecule has 0 bridgehead atoms. The van der Waals surface area contributed by atoms with Crippen LogP contribution in [0, 0.1) is 5.41 Å². The highest BCUT2D eigenvalue weighted by Crippen LogP contribution is 2.37. The molecule has 100 valence electrons. The Kier molecular flexibility index (Phi) is 5.19. The monoisotopic (exact) mass is 352 g/mol. The van der Waals surface area contributed by atoms with Crippen LogP contribution < -0.4 is 4.74 Å². The van der Waals surface area contributed by atoms with E-state index in [0.717, 1.165) is 31.4 Å². The fourth-order valence-electron chi connectivity index (χ4n) is 1.97. The standard InChI is InChI=1S/C13H15BrCl2O2/c14-8-13(4-6-17-7-5-13)9-18-12-10(15)2-1-3-11(12)16/h1-3H,4-9H2. The molecule has 18 heavy (non-hydrogen) atoms. The minimum atomic E-state index is 0.112. The van der Waals surface area contributed by atoms with E-state index in [1.165, 1.54) is 0 Å². The van der Waals surface area contributed by atoms with E-state index in [-0.39, 0.29) is 5.41 Å². The molecule has 1 aliphatic rings. The molecule has 2 nitrogen and oxygen atoms in total. The van der Waals surface area contributed by atoms with Crippen LogP contribution >= 0.6 is 39.1 Å². The largest absolute Gasteiger partial charge is 0.490 e. The van der Waals surface area contributed by atoms with Gasteiger partial charge in [0, 0.05) is 24.0 Å². The summed E-state index contributed by atoms with van der Waals surface area (Å²) in [5, 5.41) is 2.00. The maximum Gasteiger partial charge on any atom is 0.156 e. The third-order valence-electron chi connectivity index (χ3n) is 3.28. The van der Waals surface area contributed by atoms with Crippen molar-refractivity contribution < 1.29 is 9.47 Å². The molecule has 0 aromatic heterocycles. The van der Waals surface area contributed by atoms with Crippen molar-refractivity contribution in [3.8, 4) is 5.75 Å². The van der Waals surface area contributed by atoms with Crippen molar-refractivity contribution in [2.24, 2.45) is 5.41 Å². The van der Waals surface area contributed by atoms with E-state index < -0.39 is 0 Å². The molecule has 0 saturated carbocycles. The zero-order valence-corrected chi connectivity index (χ0v) is 13.0. The first-order valence-electron chi connectivity index (χ1n) is 5.87. The topological polar surface area (TPSA) is 18.5 Å². The van der Waals surface area contributed by atoms with Crippen LogP contribution in [0.3, 0.4) is 0 Å². The first-order valence-corrected chi connectivity index (χ1v) is 7.75. The van der Waals surface area contributed by atoms with Crippen molar-refractivity contribution in [1.29, 1.82) is 0 Å². The summed E-state index contributed by atoms with van der Waals surface area (Å²) in [5.41, 5.74) is 0.112. The lowest BCUT2D eigenvalue weighted by molar-refractivity contribution is 0.00359. The van der Waals surface area contributed by atoms with Crippen LogP contribution in [0.2, 0.25) is 10.0 Å². The van der Waals surface area contributed by atoms with E-state index >= 15 is 0 Å². The minimum Gasteiger partial charge on any atom is -0.490 e. The predicted octanol–water partition coefficient (Wildman–Crippen LogP) is 4.56. The van der Waals surface area contributed by atoms with Crippen LogP contribution in [0.4, 0.5) is 0 Å². The first kappa shape index (κ1) is 14.4. The molecule has 1 aromatic carbocycles. The summed E-state index contributed by atoms with van der Waals surface area (Å²) in [5.74, 6) is 0.577. The Bertz CT molecular complexity index is 386. The SMILES string of the molecule is Clc1cccc(Cl)c1OCC1(CBr)CCOCC1. The number of benzene rings is 1. The van der Waals surface area contributed by atoms with Gasteiger partial charge in [-0.1, -0.05) is 45.2 Å². The van der Waals surface area contributed by atoms with Crippen LogP contribution in [0.5, 0.6) is 5.75 Å². The van der Waals surface area contributed by atoms with Gasteiger partial charge in [-0.05, 0) is 25.0 Å². The van der Waals surface area contributed by atoms with Crippen molar-refractivity contribution in [1.82, 2.24) is 0 Å². The zero-order valence-electron chi connectivity index (χ0n) is 9.93. The number of para-hydroxylation sites is 1. The minimum absolute atomic E-state index is 0.112. The molecule has 0 atom stereocenters. The summed E-state index contributed by atoms with van der Waals surface area (Å²) < 4.78 is 11.2. The van der Waals surface area contributed by atoms with Crippen molar-refractivity contribution in [3.63, 3.8) is 0 Å². The molecule has 2 rings (SSSR count). The third kappa shape index (κ3) is 3.32. The number of rotatable bonds is 4. The van der Waals surface area contributed by atoms with Gasteiger partial charge in [-0.3, -0.25) is 0 Å². The van der Waals surface area contributed by atoms with Gasteiger partial charge in [0.15, 0.2) is 5.75 Å². The molecule has 0 N–H and O–H groups in total. The van der Waals surface area contributed by atoms with Gasteiger partial charge in [-0.25, -0.2) is 0 Å². The Hall–Kier alpha value is 0.0400. The van der Waals surface area contributed by atoms with Crippen molar-refractivity contribution in [3.05, 3.63) is 28.2 Å². The quantitative estimate of drug-likeness (QED) is 0.738. The highest BCUT2D eigenvalue weighted by molar-refractivity contribution is 9.09. The van der Waals surface area contributed by atoms with Gasteiger partial charge in [0.05, 0.1) is 16.7 Å². The van der Waals surface area contributed by atoms with E-state index in [1.807, 2.05) is 6.07 Å². The van der Waals surface area contributed by atoms with Gasteiger partial charge in [0.2, 0.25) is 0 Å². The van der Waals surface area contributed by atoms with E-state index in [2.05, 4.69) is 15.9 Å². The molecule has 0 unspecified atom stereocenters. The lowest BCUT2D eigenvalue weighted by Crippen LogP contribution is -2.36. The van der Waals surface area contributed by atoms with Gasteiger partial charge in [-0.15, -0.1) is 0 Å². The number of hydrogen-bond acceptors (Lipinski definition) is 2. The maximum absolute atomic E-state index is 6.09. The van der Waals surface area contributed by atoms with Crippen LogP contribution in [0.25, 0.3) is 0 Å². The maximum atomic E-state index is 6.09. The Morgan fingerprint density at radius 2 is 1.83 bits per heavy atom. The second kappa shape index (κ2) is 6.47. The molecule has 5 heteroatoms. The van der Waals surface area contributed by atoms with Gasteiger partial charge in [-0.2, -0.15) is 0 Å². The van der Waals surface area contributed by atoms with E-state index in [1.54, 1.807) is 12.1 Å². The second-order valence-corrected chi connectivity index (χ2v) is 5.96. The molecule has 1 heterocycles.